The molecule has 0 amide bonds. The van der Waals surface area contributed by atoms with Crippen LogP contribution < -0.4 is 4.74 Å². The van der Waals surface area contributed by atoms with Crippen molar-refractivity contribution in [1.82, 2.24) is 15.0 Å². The van der Waals surface area contributed by atoms with E-state index in [1.54, 1.807) is 31.5 Å². The molecule has 3 aromatic rings. The molecule has 3 rings (SSSR count). The largest absolute Gasteiger partial charge is 0.436 e. The van der Waals surface area contributed by atoms with Crippen LogP contribution in [0.5, 0.6) is 11.6 Å². The van der Waals surface area contributed by atoms with E-state index in [9.17, 15) is 4.39 Å². The van der Waals surface area contributed by atoms with E-state index in [0.717, 1.165) is 11.6 Å². The normalized spacial score (nSPS) is 10.1. The van der Waals surface area contributed by atoms with E-state index in [2.05, 4.69) is 15.0 Å². The van der Waals surface area contributed by atoms with Crippen molar-refractivity contribution in [2.75, 3.05) is 0 Å². The molecule has 5 nitrogen and oxygen atoms in total. The summed E-state index contributed by atoms with van der Waals surface area (Å²) >= 11 is 0. The minimum absolute atomic E-state index is 0.000707. The fourth-order valence-electron chi connectivity index (χ4n) is 1.98. The van der Waals surface area contributed by atoms with Gasteiger partial charge in [0.05, 0.1) is 11.6 Å². The maximum Gasteiger partial charge on any atom is 0.223 e. The SMILES string of the molecule is Cc1cc(Oc2ccc(C#N)cc2F)nc(-c2cccnc2)n1. The van der Waals surface area contributed by atoms with Gasteiger partial charge in [0, 0.05) is 29.7 Å². The highest BCUT2D eigenvalue weighted by Crippen LogP contribution is 2.26. The van der Waals surface area contributed by atoms with Crippen molar-refractivity contribution in [2.24, 2.45) is 0 Å². The van der Waals surface area contributed by atoms with E-state index in [4.69, 9.17) is 10.00 Å². The van der Waals surface area contributed by atoms with Crippen LogP contribution in [0.3, 0.4) is 0 Å². The van der Waals surface area contributed by atoms with Crippen molar-refractivity contribution >= 4 is 0 Å². The van der Waals surface area contributed by atoms with Crippen LogP contribution >= 0.6 is 0 Å². The molecule has 0 atom stereocenters. The van der Waals surface area contributed by atoms with Crippen LogP contribution in [0.25, 0.3) is 11.4 Å². The standard InChI is InChI=1S/C17H11FN4O/c1-11-7-16(22-17(21-11)13-3-2-6-20-10-13)23-15-5-4-12(9-19)8-14(15)18/h2-8,10H,1H3. The first kappa shape index (κ1) is 14.6. The van der Waals surface area contributed by atoms with Crippen molar-refractivity contribution in [2.45, 2.75) is 6.92 Å². The maximum atomic E-state index is 13.9. The number of ether oxygens (including phenoxy) is 1. The lowest BCUT2D eigenvalue weighted by Gasteiger charge is -2.08. The summed E-state index contributed by atoms with van der Waals surface area (Å²) in [5, 5.41) is 8.76. The Labute approximate surface area is 132 Å². The summed E-state index contributed by atoms with van der Waals surface area (Å²) in [4.78, 5) is 12.6. The van der Waals surface area contributed by atoms with E-state index in [-0.39, 0.29) is 17.2 Å². The Morgan fingerprint density at radius 2 is 2.04 bits per heavy atom. The summed E-state index contributed by atoms with van der Waals surface area (Å²) in [5.41, 5.74) is 1.65. The molecule has 2 aromatic heterocycles. The second kappa shape index (κ2) is 6.20. The number of hydrogen-bond acceptors (Lipinski definition) is 5. The summed E-state index contributed by atoms with van der Waals surface area (Å²) in [6.45, 7) is 1.80. The van der Waals surface area contributed by atoms with Gasteiger partial charge in [-0.05, 0) is 37.3 Å². The fraction of sp³-hybridized carbons (Fsp3) is 0.0588. The molecule has 0 N–H and O–H groups in total. The second-order valence-corrected chi connectivity index (χ2v) is 4.77. The fourth-order valence-corrected chi connectivity index (χ4v) is 1.98. The third-order valence-corrected chi connectivity index (χ3v) is 3.03. The van der Waals surface area contributed by atoms with Gasteiger partial charge in [-0.15, -0.1) is 0 Å². The van der Waals surface area contributed by atoms with Gasteiger partial charge in [-0.2, -0.15) is 10.2 Å². The number of aromatic nitrogens is 3. The van der Waals surface area contributed by atoms with E-state index < -0.39 is 5.82 Å². The number of aryl methyl sites for hydroxylation is 1. The summed E-state index contributed by atoms with van der Waals surface area (Å²) < 4.78 is 19.4. The molecule has 0 saturated carbocycles. The highest BCUT2D eigenvalue weighted by atomic mass is 19.1. The van der Waals surface area contributed by atoms with Gasteiger partial charge in [-0.3, -0.25) is 4.98 Å². The number of pyridine rings is 1. The molecule has 0 aliphatic rings. The van der Waals surface area contributed by atoms with Gasteiger partial charge in [0.25, 0.3) is 0 Å². The van der Waals surface area contributed by atoms with Crippen LogP contribution in [0.4, 0.5) is 4.39 Å². The van der Waals surface area contributed by atoms with E-state index in [0.29, 0.717) is 11.5 Å². The average molecular weight is 306 g/mol. The van der Waals surface area contributed by atoms with Crippen molar-refractivity contribution in [3.8, 4) is 29.1 Å². The summed E-state index contributed by atoms with van der Waals surface area (Å²) in [7, 11) is 0. The van der Waals surface area contributed by atoms with E-state index >= 15 is 0 Å². The predicted octanol–water partition coefficient (Wildman–Crippen LogP) is 3.65. The number of nitrogens with zero attached hydrogens (tertiary/aromatic N) is 4. The van der Waals surface area contributed by atoms with Gasteiger partial charge in [-0.25, -0.2) is 9.37 Å². The Morgan fingerprint density at radius 1 is 1.17 bits per heavy atom. The molecule has 6 heteroatoms. The van der Waals surface area contributed by atoms with Gasteiger partial charge < -0.3 is 4.74 Å². The minimum Gasteiger partial charge on any atom is -0.436 e. The summed E-state index contributed by atoms with van der Waals surface area (Å²) in [5.74, 6) is 0.0459. The maximum absolute atomic E-state index is 13.9. The molecule has 0 radical (unpaired) electrons. The predicted molar refractivity (Wildman–Crippen MR) is 81.2 cm³/mol. The van der Waals surface area contributed by atoms with Crippen LogP contribution in [0, 0.1) is 24.1 Å². The average Bonchev–Trinajstić information content (AvgIpc) is 2.57. The molecule has 0 aliphatic carbocycles. The molecular formula is C17H11FN4O. The molecule has 0 fully saturated rings. The highest BCUT2D eigenvalue weighted by molar-refractivity contribution is 5.54. The van der Waals surface area contributed by atoms with Crippen molar-refractivity contribution in [3.05, 3.63) is 65.9 Å². The number of halogens is 1. The Balaban J connectivity index is 1.95. The van der Waals surface area contributed by atoms with E-state index in [1.165, 1.54) is 12.1 Å². The third-order valence-electron chi connectivity index (χ3n) is 3.03. The smallest absolute Gasteiger partial charge is 0.223 e. The van der Waals surface area contributed by atoms with Crippen molar-refractivity contribution < 1.29 is 9.13 Å². The minimum atomic E-state index is -0.622. The summed E-state index contributed by atoms with van der Waals surface area (Å²) in [6.07, 6.45) is 3.30. The Morgan fingerprint density at radius 3 is 2.74 bits per heavy atom. The molecule has 0 saturated heterocycles. The molecule has 0 unspecified atom stereocenters. The molecule has 0 aliphatic heterocycles. The number of benzene rings is 1. The zero-order valence-electron chi connectivity index (χ0n) is 12.2. The summed E-state index contributed by atoms with van der Waals surface area (Å²) in [6, 6.07) is 11.1. The van der Waals surface area contributed by atoms with Crippen LogP contribution in [-0.2, 0) is 0 Å². The lowest BCUT2D eigenvalue weighted by molar-refractivity contribution is 0.426. The molecule has 112 valence electrons. The van der Waals surface area contributed by atoms with Crippen molar-refractivity contribution in [1.29, 1.82) is 5.26 Å². The van der Waals surface area contributed by atoms with Crippen LogP contribution in [0.2, 0.25) is 0 Å². The molecule has 23 heavy (non-hydrogen) atoms. The molecule has 0 bridgehead atoms. The van der Waals surface area contributed by atoms with Crippen LogP contribution in [-0.4, -0.2) is 15.0 Å². The Hall–Kier alpha value is -3.33. The van der Waals surface area contributed by atoms with Gasteiger partial charge in [0.2, 0.25) is 5.88 Å². The molecule has 0 spiro atoms. The lowest BCUT2D eigenvalue weighted by Crippen LogP contribution is -1.97. The van der Waals surface area contributed by atoms with Gasteiger partial charge in [-0.1, -0.05) is 0 Å². The number of nitriles is 1. The zero-order chi connectivity index (χ0) is 16.2. The molecular weight excluding hydrogens is 295 g/mol. The molecule has 2 heterocycles. The van der Waals surface area contributed by atoms with Gasteiger partial charge in [0.1, 0.15) is 0 Å². The van der Waals surface area contributed by atoms with E-state index in [1.807, 2.05) is 12.1 Å². The van der Waals surface area contributed by atoms with Gasteiger partial charge in [0.15, 0.2) is 17.4 Å². The molecule has 1 aromatic carbocycles. The van der Waals surface area contributed by atoms with Crippen LogP contribution in [0.15, 0.2) is 48.8 Å². The van der Waals surface area contributed by atoms with Crippen molar-refractivity contribution in [3.63, 3.8) is 0 Å². The third kappa shape index (κ3) is 3.30. The lowest BCUT2D eigenvalue weighted by atomic mass is 10.2. The second-order valence-electron chi connectivity index (χ2n) is 4.77. The monoisotopic (exact) mass is 306 g/mol. The topological polar surface area (TPSA) is 71.7 Å². The first-order valence-corrected chi connectivity index (χ1v) is 6.79. The van der Waals surface area contributed by atoms with Gasteiger partial charge >= 0.3 is 0 Å². The number of hydrogen-bond donors (Lipinski definition) is 0. The Kier molecular flexibility index (Phi) is 3.93. The Bertz CT molecular complexity index is 891. The zero-order valence-corrected chi connectivity index (χ0v) is 12.2. The first-order valence-electron chi connectivity index (χ1n) is 6.79. The first-order chi connectivity index (χ1) is 11.2. The van der Waals surface area contributed by atoms with Crippen LogP contribution in [0.1, 0.15) is 11.3 Å². The highest BCUT2D eigenvalue weighted by Gasteiger charge is 2.10. The number of rotatable bonds is 3. The quantitative estimate of drug-likeness (QED) is 0.738.